The molecule has 30 heavy (non-hydrogen) atoms. The largest absolute Gasteiger partial charge is 0.497 e. The molecule has 0 aliphatic carbocycles. The molecule has 0 fully saturated rings. The average molecular weight is 415 g/mol. The highest BCUT2D eigenvalue weighted by atomic mass is 16.6. The van der Waals surface area contributed by atoms with Gasteiger partial charge in [0.05, 0.1) is 19.6 Å². The van der Waals surface area contributed by atoms with E-state index in [0.29, 0.717) is 6.42 Å². The maximum absolute atomic E-state index is 12.9. The van der Waals surface area contributed by atoms with Crippen LogP contribution in [0.3, 0.4) is 0 Å². The van der Waals surface area contributed by atoms with Gasteiger partial charge in [-0.2, -0.15) is 0 Å². The van der Waals surface area contributed by atoms with E-state index in [2.05, 4.69) is 6.92 Å². The second kappa shape index (κ2) is 11.0. The molecule has 5 nitrogen and oxygen atoms in total. The molecule has 2 aromatic carbocycles. The molecule has 5 heteroatoms. The van der Waals surface area contributed by atoms with Gasteiger partial charge in [0.2, 0.25) is 5.60 Å². The molecule has 0 aliphatic rings. The number of rotatable bonds is 11. The van der Waals surface area contributed by atoms with Crippen molar-refractivity contribution in [2.45, 2.75) is 71.3 Å². The highest BCUT2D eigenvalue weighted by molar-refractivity contribution is 5.88. The Morgan fingerprint density at radius 2 is 1.70 bits per heavy atom. The van der Waals surface area contributed by atoms with E-state index in [1.807, 2.05) is 36.4 Å². The second-order valence-corrected chi connectivity index (χ2v) is 7.88. The molecule has 0 saturated heterocycles. The van der Waals surface area contributed by atoms with E-state index in [1.165, 1.54) is 0 Å². The lowest BCUT2D eigenvalue weighted by atomic mass is 9.95. The summed E-state index contributed by atoms with van der Waals surface area (Å²) in [6.07, 6.45) is 4.45. The van der Waals surface area contributed by atoms with Crippen molar-refractivity contribution in [2.75, 3.05) is 13.7 Å². The van der Waals surface area contributed by atoms with Crippen LogP contribution < -0.4 is 4.74 Å². The van der Waals surface area contributed by atoms with Crippen LogP contribution >= 0.6 is 0 Å². The number of fused-ring (bicyclic) bond motifs is 1. The van der Waals surface area contributed by atoms with Gasteiger partial charge in [-0.15, -0.1) is 0 Å². The van der Waals surface area contributed by atoms with E-state index in [1.54, 1.807) is 27.9 Å². The van der Waals surface area contributed by atoms with Gasteiger partial charge in [0.15, 0.2) is 0 Å². The molecule has 0 amide bonds. The third-order valence-electron chi connectivity index (χ3n) is 5.47. The van der Waals surface area contributed by atoms with Gasteiger partial charge in [0.25, 0.3) is 0 Å². The van der Waals surface area contributed by atoms with Crippen molar-refractivity contribution in [1.82, 2.24) is 0 Å². The summed E-state index contributed by atoms with van der Waals surface area (Å²) in [5.41, 5.74) is -0.422. The van der Waals surface area contributed by atoms with Crippen molar-refractivity contribution in [2.24, 2.45) is 0 Å². The first-order valence-electron chi connectivity index (χ1n) is 10.8. The first kappa shape index (κ1) is 23.7. The summed E-state index contributed by atoms with van der Waals surface area (Å²) >= 11 is 0. The Bertz CT molecular complexity index is 860. The Kier molecular flexibility index (Phi) is 8.70. The smallest absolute Gasteiger partial charge is 0.350 e. The first-order valence-corrected chi connectivity index (χ1v) is 10.8. The third-order valence-corrected chi connectivity index (χ3v) is 5.47. The van der Waals surface area contributed by atoms with Crippen molar-refractivity contribution in [1.29, 1.82) is 0 Å². The molecule has 0 aromatic heterocycles. The van der Waals surface area contributed by atoms with E-state index in [-0.39, 0.29) is 6.61 Å². The molecule has 0 saturated carbocycles. The number of carbonyl (C=O) groups is 2. The Morgan fingerprint density at radius 3 is 2.37 bits per heavy atom. The Labute approximate surface area is 179 Å². The number of hydrogen-bond donors (Lipinski definition) is 0. The molecule has 2 rings (SSSR count). The zero-order valence-corrected chi connectivity index (χ0v) is 18.8. The highest BCUT2D eigenvalue weighted by Crippen LogP contribution is 2.29. The van der Waals surface area contributed by atoms with Gasteiger partial charge in [-0.25, -0.2) is 4.79 Å². The summed E-state index contributed by atoms with van der Waals surface area (Å²) in [6, 6.07) is 11.7. The van der Waals surface area contributed by atoms with Gasteiger partial charge in [-0.1, -0.05) is 50.5 Å². The Hall–Kier alpha value is -2.56. The highest BCUT2D eigenvalue weighted by Gasteiger charge is 2.39. The van der Waals surface area contributed by atoms with Gasteiger partial charge < -0.3 is 14.2 Å². The fourth-order valence-electron chi connectivity index (χ4n) is 3.45. The molecule has 0 radical (unpaired) electrons. The van der Waals surface area contributed by atoms with Crippen molar-refractivity contribution in [3.05, 3.63) is 42.0 Å². The fourth-order valence-corrected chi connectivity index (χ4v) is 3.45. The SMILES string of the molecule is CCCCCCC(C)(OC(=O)[C@@H](C)c1ccc2cc(OC)ccc2c1)C(=O)OCC. The molecular formula is C25H34O5. The van der Waals surface area contributed by atoms with Crippen LogP contribution in [0.25, 0.3) is 10.8 Å². The van der Waals surface area contributed by atoms with Gasteiger partial charge in [-0.3, -0.25) is 4.79 Å². The molecule has 1 unspecified atom stereocenters. The molecule has 2 atom stereocenters. The van der Waals surface area contributed by atoms with E-state index < -0.39 is 23.5 Å². The molecule has 0 N–H and O–H groups in total. The maximum atomic E-state index is 12.9. The zero-order valence-electron chi connectivity index (χ0n) is 18.8. The van der Waals surface area contributed by atoms with E-state index in [9.17, 15) is 9.59 Å². The van der Waals surface area contributed by atoms with Crippen molar-refractivity contribution < 1.29 is 23.8 Å². The van der Waals surface area contributed by atoms with Gasteiger partial charge >= 0.3 is 11.9 Å². The third kappa shape index (κ3) is 5.97. The normalized spacial score (nSPS) is 14.0. The second-order valence-electron chi connectivity index (χ2n) is 7.88. The van der Waals surface area contributed by atoms with Crippen LogP contribution in [-0.2, 0) is 19.1 Å². The number of carbonyl (C=O) groups excluding carboxylic acids is 2. The summed E-state index contributed by atoms with van der Waals surface area (Å²) in [4.78, 5) is 25.5. The maximum Gasteiger partial charge on any atom is 0.350 e. The topological polar surface area (TPSA) is 61.8 Å². The predicted molar refractivity (Wildman–Crippen MR) is 119 cm³/mol. The quantitative estimate of drug-likeness (QED) is 0.344. The van der Waals surface area contributed by atoms with Crippen LogP contribution in [0.15, 0.2) is 36.4 Å². The predicted octanol–water partition coefficient (Wildman–Crippen LogP) is 5.79. The Balaban J connectivity index is 2.16. The number of benzene rings is 2. The lowest BCUT2D eigenvalue weighted by molar-refractivity contribution is -0.182. The number of ether oxygens (including phenoxy) is 3. The Morgan fingerprint density at radius 1 is 1.00 bits per heavy atom. The van der Waals surface area contributed by atoms with E-state index in [0.717, 1.165) is 47.8 Å². The van der Waals surface area contributed by atoms with Gasteiger partial charge in [0, 0.05) is 0 Å². The van der Waals surface area contributed by atoms with Crippen LogP contribution in [-0.4, -0.2) is 31.3 Å². The monoisotopic (exact) mass is 414 g/mol. The molecule has 164 valence electrons. The van der Waals surface area contributed by atoms with Gasteiger partial charge in [-0.05, 0) is 62.1 Å². The summed E-state index contributed by atoms with van der Waals surface area (Å²) in [5, 5.41) is 2.05. The van der Waals surface area contributed by atoms with Gasteiger partial charge in [0.1, 0.15) is 5.75 Å². The summed E-state index contributed by atoms with van der Waals surface area (Å²) in [7, 11) is 1.64. The van der Waals surface area contributed by atoms with Crippen LogP contribution in [0, 0.1) is 0 Å². The molecule has 2 aromatic rings. The average Bonchev–Trinajstić information content (AvgIpc) is 2.75. The summed E-state index contributed by atoms with van der Waals surface area (Å²) < 4.78 is 16.2. The number of unbranched alkanes of at least 4 members (excludes halogenated alkanes) is 3. The fraction of sp³-hybridized carbons (Fsp3) is 0.520. The minimum Gasteiger partial charge on any atom is -0.497 e. The molecule has 0 spiro atoms. The van der Waals surface area contributed by atoms with Crippen molar-refractivity contribution in [3.63, 3.8) is 0 Å². The van der Waals surface area contributed by atoms with Crippen LogP contribution in [0.1, 0.15) is 71.3 Å². The number of hydrogen-bond acceptors (Lipinski definition) is 5. The van der Waals surface area contributed by atoms with Crippen molar-refractivity contribution in [3.8, 4) is 5.75 Å². The molecule has 0 bridgehead atoms. The molecule has 0 heterocycles. The number of esters is 2. The molecule has 0 aliphatic heterocycles. The first-order chi connectivity index (χ1) is 14.3. The standard InChI is InChI=1S/C25H34O5/c1-6-8-9-10-15-25(4,24(27)29-7-2)30-23(26)18(3)19-11-12-21-17-22(28-5)14-13-20(21)16-19/h11-14,16-18H,6-10,15H2,1-5H3/t18-,25?/m0/s1. The summed E-state index contributed by atoms with van der Waals surface area (Å²) in [6.45, 7) is 7.60. The zero-order chi connectivity index (χ0) is 22.1. The van der Waals surface area contributed by atoms with Crippen LogP contribution in [0.4, 0.5) is 0 Å². The van der Waals surface area contributed by atoms with Crippen LogP contribution in [0.2, 0.25) is 0 Å². The molecular weight excluding hydrogens is 380 g/mol. The number of methoxy groups -OCH3 is 1. The van der Waals surface area contributed by atoms with E-state index >= 15 is 0 Å². The van der Waals surface area contributed by atoms with E-state index in [4.69, 9.17) is 14.2 Å². The van der Waals surface area contributed by atoms with Crippen LogP contribution in [0.5, 0.6) is 5.75 Å². The minimum atomic E-state index is -1.26. The summed E-state index contributed by atoms with van der Waals surface area (Å²) in [5.74, 6) is -0.613. The van der Waals surface area contributed by atoms with Crippen molar-refractivity contribution >= 4 is 22.7 Å². The minimum absolute atomic E-state index is 0.255. The lowest BCUT2D eigenvalue weighted by Crippen LogP contribution is -2.42. The lowest BCUT2D eigenvalue weighted by Gasteiger charge is -2.28.